The summed E-state index contributed by atoms with van der Waals surface area (Å²) in [5.74, 6) is 0.926. The SMILES string of the molecule is CCC[C@@H](NC(=O)C1CSC(/C(C)=N/OCCCNC(=O)OC(C)(C)C)=N1)c1cc(OC)cc(=O)o1. The van der Waals surface area contributed by atoms with Crippen molar-refractivity contribution in [3.05, 3.63) is 28.3 Å². The predicted octanol–water partition coefficient (Wildman–Crippen LogP) is 3.43. The molecule has 0 bridgehead atoms. The predicted molar refractivity (Wildman–Crippen MR) is 139 cm³/mol. The van der Waals surface area contributed by atoms with Gasteiger partial charge in [0.1, 0.15) is 40.5 Å². The van der Waals surface area contributed by atoms with Crippen LogP contribution in [0.4, 0.5) is 4.79 Å². The van der Waals surface area contributed by atoms with Gasteiger partial charge in [0.05, 0.1) is 19.2 Å². The third-order valence-electron chi connectivity index (χ3n) is 4.78. The number of alkyl carbamates (subject to hydrolysis) is 1. The summed E-state index contributed by atoms with van der Waals surface area (Å²) in [6, 6.07) is 1.80. The molecule has 1 aliphatic rings. The summed E-state index contributed by atoms with van der Waals surface area (Å²) in [6.45, 7) is 9.84. The van der Waals surface area contributed by atoms with Gasteiger partial charge in [0, 0.05) is 24.8 Å². The third-order valence-corrected chi connectivity index (χ3v) is 5.94. The molecule has 0 radical (unpaired) electrons. The Bertz CT molecular complexity index is 1020. The van der Waals surface area contributed by atoms with Gasteiger partial charge >= 0.3 is 11.7 Å². The molecular formula is C24H36N4O7S. The maximum absolute atomic E-state index is 12.9. The smallest absolute Gasteiger partial charge is 0.407 e. The number of thioether (sulfide) groups is 1. The lowest BCUT2D eigenvalue weighted by atomic mass is 10.1. The van der Waals surface area contributed by atoms with E-state index in [0.717, 1.165) is 6.42 Å². The fourth-order valence-electron chi connectivity index (χ4n) is 3.13. The van der Waals surface area contributed by atoms with Crippen molar-refractivity contribution in [3.8, 4) is 5.75 Å². The second-order valence-corrected chi connectivity index (χ2v) is 10.1. The van der Waals surface area contributed by atoms with Crippen LogP contribution in [0.3, 0.4) is 0 Å². The fourth-order valence-corrected chi connectivity index (χ4v) is 4.12. The summed E-state index contributed by atoms with van der Waals surface area (Å²) in [5.41, 5.74) is -0.513. The van der Waals surface area contributed by atoms with Gasteiger partial charge in [-0.1, -0.05) is 18.5 Å². The average Bonchev–Trinajstić information content (AvgIpc) is 3.30. The topological polar surface area (TPSA) is 141 Å². The van der Waals surface area contributed by atoms with Crippen molar-refractivity contribution in [2.24, 2.45) is 10.1 Å². The highest BCUT2D eigenvalue weighted by Gasteiger charge is 2.29. The van der Waals surface area contributed by atoms with Crippen LogP contribution < -0.4 is 21.0 Å². The summed E-state index contributed by atoms with van der Waals surface area (Å²) in [4.78, 5) is 46.1. The van der Waals surface area contributed by atoms with Crippen molar-refractivity contribution in [3.63, 3.8) is 0 Å². The maximum Gasteiger partial charge on any atom is 0.407 e. The summed E-state index contributed by atoms with van der Waals surface area (Å²) in [5, 5.41) is 10.3. The Balaban J connectivity index is 1.86. The van der Waals surface area contributed by atoms with Crippen LogP contribution in [0.1, 0.15) is 65.7 Å². The Hall–Kier alpha value is -3.02. The average molecular weight is 525 g/mol. The molecule has 2 rings (SSSR count). The van der Waals surface area contributed by atoms with E-state index in [1.54, 1.807) is 33.8 Å². The molecule has 1 unspecified atom stereocenters. The molecule has 0 aliphatic carbocycles. The van der Waals surface area contributed by atoms with E-state index in [9.17, 15) is 14.4 Å². The standard InChI is InChI=1S/C24H36N4O7S/c1-7-9-17(19-12-16(32-6)13-20(29)34-19)26-21(30)18-14-36-22(27-18)15(2)28-33-11-8-10-25-23(31)35-24(3,4)5/h12-13,17-18H,7-11,14H2,1-6H3,(H,25,31)(H,26,30)/b28-15+/t17-,18?/m1/s1. The molecule has 12 heteroatoms. The zero-order valence-corrected chi connectivity index (χ0v) is 22.5. The molecule has 2 atom stereocenters. The van der Waals surface area contributed by atoms with Gasteiger partial charge in [-0.15, -0.1) is 11.8 Å². The van der Waals surface area contributed by atoms with E-state index in [0.29, 0.717) is 54.0 Å². The van der Waals surface area contributed by atoms with Gasteiger partial charge in [-0.05, 0) is 34.1 Å². The number of oxime groups is 1. The first-order chi connectivity index (χ1) is 17.0. The van der Waals surface area contributed by atoms with Gasteiger partial charge in [-0.2, -0.15) is 0 Å². The van der Waals surface area contributed by atoms with Crippen molar-refractivity contribution in [2.75, 3.05) is 26.0 Å². The van der Waals surface area contributed by atoms with Crippen LogP contribution in [0.2, 0.25) is 0 Å². The fraction of sp³-hybridized carbons (Fsp3) is 0.625. The number of nitrogens with zero attached hydrogens (tertiary/aromatic N) is 2. The van der Waals surface area contributed by atoms with Crippen LogP contribution in [0.25, 0.3) is 0 Å². The molecule has 0 saturated carbocycles. The first kappa shape index (κ1) is 29.2. The highest BCUT2D eigenvalue weighted by molar-refractivity contribution is 8.16. The molecule has 200 valence electrons. The molecule has 2 amide bonds. The van der Waals surface area contributed by atoms with E-state index < -0.39 is 29.4 Å². The van der Waals surface area contributed by atoms with E-state index in [2.05, 4.69) is 20.8 Å². The van der Waals surface area contributed by atoms with Crippen LogP contribution in [0, 0.1) is 0 Å². The lowest BCUT2D eigenvalue weighted by Gasteiger charge is -2.19. The largest absolute Gasteiger partial charge is 0.496 e. The zero-order chi connectivity index (χ0) is 26.7. The lowest BCUT2D eigenvalue weighted by Crippen LogP contribution is -2.37. The van der Waals surface area contributed by atoms with Crippen LogP contribution in [-0.2, 0) is 14.4 Å². The second kappa shape index (κ2) is 13.9. The maximum atomic E-state index is 12.9. The number of nitrogens with one attached hydrogen (secondary N) is 2. The monoisotopic (exact) mass is 524 g/mol. The molecule has 1 aromatic heterocycles. The van der Waals surface area contributed by atoms with Gasteiger partial charge in [-0.3, -0.25) is 9.79 Å². The van der Waals surface area contributed by atoms with E-state index in [4.69, 9.17) is 18.7 Å². The third kappa shape index (κ3) is 9.92. The number of carbonyl (C=O) groups excluding carboxylic acids is 2. The van der Waals surface area contributed by atoms with Gasteiger partial charge in [0.2, 0.25) is 5.91 Å². The van der Waals surface area contributed by atoms with E-state index in [1.807, 2.05) is 6.92 Å². The number of hydrogen-bond acceptors (Lipinski definition) is 10. The normalized spacial score (nSPS) is 16.7. The van der Waals surface area contributed by atoms with E-state index >= 15 is 0 Å². The Morgan fingerprint density at radius 2 is 2.08 bits per heavy atom. The first-order valence-corrected chi connectivity index (χ1v) is 12.8. The number of hydrogen-bond donors (Lipinski definition) is 2. The minimum absolute atomic E-state index is 0.261. The Morgan fingerprint density at radius 1 is 1.33 bits per heavy atom. The van der Waals surface area contributed by atoms with Crippen LogP contribution in [0.5, 0.6) is 5.75 Å². The number of carbonyl (C=O) groups is 2. The summed E-state index contributed by atoms with van der Waals surface area (Å²) >= 11 is 1.42. The van der Waals surface area contributed by atoms with Gasteiger partial charge in [0.15, 0.2) is 0 Å². The van der Waals surface area contributed by atoms with Gasteiger partial charge in [0.25, 0.3) is 0 Å². The zero-order valence-electron chi connectivity index (χ0n) is 21.7. The van der Waals surface area contributed by atoms with Gasteiger partial charge in [-0.25, -0.2) is 9.59 Å². The number of rotatable bonds is 12. The first-order valence-electron chi connectivity index (χ1n) is 11.9. The summed E-state index contributed by atoms with van der Waals surface area (Å²) in [7, 11) is 1.46. The van der Waals surface area contributed by atoms with Crippen molar-refractivity contribution in [1.29, 1.82) is 0 Å². The summed E-state index contributed by atoms with van der Waals surface area (Å²) < 4.78 is 15.6. The Labute approximate surface area is 215 Å². The van der Waals surface area contributed by atoms with Crippen molar-refractivity contribution in [1.82, 2.24) is 10.6 Å². The summed E-state index contributed by atoms with van der Waals surface area (Å²) in [6.07, 6.45) is 1.45. The Morgan fingerprint density at radius 3 is 2.75 bits per heavy atom. The van der Waals surface area contributed by atoms with E-state index in [-0.39, 0.29) is 5.91 Å². The molecule has 11 nitrogen and oxygen atoms in total. The lowest BCUT2D eigenvalue weighted by molar-refractivity contribution is -0.122. The molecule has 0 aromatic carbocycles. The molecule has 2 N–H and O–H groups in total. The number of amides is 2. The minimum atomic E-state index is -0.593. The number of methoxy groups -OCH3 is 1. The molecule has 0 spiro atoms. The second-order valence-electron chi connectivity index (χ2n) is 9.12. The molecule has 0 fully saturated rings. The molecular weight excluding hydrogens is 488 g/mol. The van der Waals surface area contributed by atoms with Crippen molar-refractivity contribution >= 4 is 34.5 Å². The highest BCUT2D eigenvalue weighted by atomic mass is 32.2. The highest BCUT2D eigenvalue weighted by Crippen LogP contribution is 2.24. The molecule has 2 heterocycles. The van der Waals surface area contributed by atoms with Crippen molar-refractivity contribution < 1.29 is 28.3 Å². The van der Waals surface area contributed by atoms with Crippen LogP contribution >= 0.6 is 11.8 Å². The quantitative estimate of drug-likeness (QED) is 0.241. The van der Waals surface area contributed by atoms with Crippen LogP contribution in [0.15, 0.2) is 31.5 Å². The molecule has 1 aliphatic heterocycles. The number of aliphatic imine (C=N–C) groups is 1. The van der Waals surface area contributed by atoms with E-state index in [1.165, 1.54) is 24.9 Å². The van der Waals surface area contributed by atoms with Crippen molar-refractivity contribution in [2.45, 2.75) is 71.6 Å². The number of ether oxygens (including phenoxy) is 2. The molecule has 1 aromatic rings. The molecule has 0 saturated heterocycles. The van der Waals surface area contributed by atoms with Crippen LogP contribution in [-0.4, -0.2) is 60.4 Å². The minimum Gasteiger partial charge on any atom is -0.496 e. The Kier molecular flexibility index (Phi) is 11.3. The molecule has 36 heavy (non-hydrogen) atoms. The van der Waals surface area contributed by atoms with Gasteiger partial charge < -0.3 is 29.4 Å².